The summed E-state index contributed by atoms with van der Waals surface area (Å²) in [6, 6.07) is 7.23. The molecule has 0 atom stereocenters. The second kappa shape index (κ2) is 2.72. The number of hydrogen-bond acceptors (Lipinski definition) is 3. The van der Waals surface area contributed by atoms with Gasteiger partial charge in [0.1, 0.15) is 16.8 Å². The van der Waals surface area contributed by atoms with Crippen LogP contribution in [0.25, 0.3) is 10.9 Å². The van der Waals surface area contributed by atoms with Gasteiger partial charge in [-0.3, -0.25) is 0 Å². The van der Waals surface area contributed by atoms with Gasteiger partial charge in [-0.1, -0.05) is 18.2 Å². The lowest BCUT2D eigenvalue weighted by molar-refractivity contribution is 0.0678. The lowest BCUT2D eigenvalue weighted by Crippen LogP contribution is -2.17. The van der Waals surface area contributed by atoms with Crippen LogP contribution in [0.15, 0.2) is 24.3 Å². The van der Waals surface area contributed by atoms with Crippen LogP contribution in [0.5, 0.6) is 0 Å². The first-order valence-corrected chi connectivity index (χ1v) is 4.40. The highest BCUT2D eigenvalue weighted by molar-refractivity contribution is 5.82. The van der Waals surface area contributed by atoms with Gasteiger partial charge in [-0.05, 0) is 19.9 Å². The fourth-order valence-corrected chi connectivity index (χ4v) is 1.50. The van der Waals surface area contributed by atoms with E-state index in [2.05, 4.69) is 5.10 Å². The predicted octanol–water partition coefficient (Wildman–Crippen LogP) is 1.50. The second-order valence-corrected chi connectivity index (χ2v) is 3.81. The summed E-state index contributed by atoms with van der Waals surface area (Å²) in [6.45, 7) is 3.28. The number of benzene rings is 1. The summed E-state index contributed by atoms with van der Waals surface area (Å²) in [5.41, 5.74) is 0.0355. The van der Waals surface area contributed by atoms with Crippen molar-refractivity contribution in [1.82, 2.24) is 9.94 Å². The third kappa shape index (κ3) is 1.24. The molecule has 0 saturated heterocycles. The molecule has 2 aromatic rings. The van der Waals surface area contributed by atoms with Crippen molar-refractivity contribution in [3.05, 3.63) is 30.0 Å². The van der Waals surface area contributed by atoms with E-state index in [0.717, 1.165) is 10.2 Å². The van der Waals surface area contributed by atoms with Crippen LogP contribution in [-0.2, 0) is 5.60 Å². The molecule has 0 unspecified atom stereocenters. The van der Waals surface area contributed by atoms with Crippen molar-refractivity contribution >= 4 is 10.9 Å². The quantitative estimate of drug-likeness (QED) is 0.673. The highest BCUT2D eigenvalue weighted by Crippen LogP contribution is 2.26. The van der Waals surface area contributed by atoms with Gasteiger partial charge in [0.15, 0.2) is 0 Å². The molecule has 4 nitrogen and oxygen atoms in total. The maximum absolute atomic E-state index is 9.81. The highest BCUT2D eigenvalue weighted by atomic mass is 16.5. The molecule has 0 bridgehead atoms. The summed E-state index contributed by atoms with van der Waals surface area (Å²) in [7, 11) is 0. The number of aliphatic hydroxyl groups is 1. The van der Waals surface area contributed by atoms with Crippen LogP contribution in [0.3, 0.4) is 0 Å². The number of rotatable bonds is 1. The third-order valence-corrected chi connectivity index (χ3v) is 2.15. The van der Waals surface area contributed by atoms with Crippen LogP contribution in [0.1, 0.15) is 19.5 Å². The van der Waals surface area contributed by atoms with Crippen molar-refractivity contribution in [1.29, 1.82) is 0 Å². The van der Waals surface area contributed by atoms with E-state index < -0.39 is 5.60 Å². The Hall–Kier alpha value is -1.55. The van der Waals surface area contributed by atoms with E-state index in [-0.39, 0.29) is 0 Å². The van der Waals surface area contributed by atoms with Gasteiger partial charge in [-0.15, -0.1) is 9.94 Å². The molecule has 0 aliphatic carbocycles. The molecule has 0 spiro atoms. The van der Waals surface area contributed by atoms with E-state index >= 15 is 0 Å². The Morgan fingerprint density at radius 2 is 1.93 bits per heavy atom. The zero-order valence-corrected chi connectivity index (χ0v) is 8.10. The maximum atomic E-state index is 9.81. The molecule has 1 aromatic carbocycles. The Morgan fingerprint density at radius 1 is 1.29 bits per heavy atom. The average Bonchev–Trinajstić information content (AvgIpc) is 2.44. The molecule has 0 radical (unpaired) electrons. The lowest BCUT2D eigenvalue weighted by atomic mass is 10.0. The first-order valence-electron chi connectivity index (χ1n) is 4.40. The van der Waals surface area contributed by atoms with Gasteiger partial charge in [-0.25, -0.2) is 0 Å². The van der Waals surface area contributed by atoms with Crippen LogP contribution >= 0.6 is 0 Å². The Bertz CT molecular complexity index is 468. The number of nitrogens with zero attached hydrogens (tertiary/aromatic N) is 2. The third-order valence-electron chi connectivity index (χ3n) is 2.15. The first kappa shape index (κ1) is 9.02. The number of para-hydroxylation sites is 1. The number of hydrogen-bond donors (Lipinski definition) is 2. The summed E-state index contributed by atoms with van der Waals surface area (Å²) in [4.78, 5) is 0.794. The van der Waals surface area contributed by atoms with Crippen molar-refractivity contribution in [3.63, 3.8) is 0 Å². The van der Waals surface area contributed by atoms with E-state index in [1.807, 2.05) is 18.2 Å². The molecule has 0 saturated carbocycles. The zero-order chi connectivity index (χ0) is 10.3. The molecule has 0 amide bonds. The molecular formula is C10H12N2O2. The number of fused-ring (bicyclic) bond motifs is 1. The largest absolute Gasteiger partial charge is 0.411 e. The number of aromatic nitrogens is 2. The predicted molar refractivity (Wildman–Crippen MR) is 52.2 cm³/mol. The Morgan fingerprint density at radius 3 is 2.57 bits per heavy atom. The van der Waals surface area contributed by atoms with Crippen LogP contribution < -0.4 is 0 Å². The van der Waals surface area contributed by atoms with Crippen molar-refractivity contribution in [2.45, 2.75) is 19.4 Å². The minimum Gasteiger partial charge on any atom is -0.411 e. The minimum absolute atomic E-state index is 0.482. The zero-order valence-electron chi connectivity index (χ0n) is 8.10. The summed E-state index contributed by atoms with van der Waals surface area (Å²) in [5.74, 6) is 0. The van der Waals surface area contributed by atoms with Gasteiger partial charge in [-0.2, -0.15) is 0 Å². The smallest absolute Gasteiger partial charge is 0.110 e. The molecule has 2 N–H and O–H groups in total. The summed E-state index contributed by atoms with van der Waals surface area (Å²) < 4.78 is 0. The minimum atomic E-state index is -1.05. The Kier molecular flexibility index (Phi) is 1.75. The van der Waals surface area contributed by atoms with Crippen molar-refractivity contribution < 1.29 is 10.3 Å². The average molecular weight is 192 g/mol. The summed E-state index contributed by atoms with van der Waals surface area (Å²) in [5, 5.41) is 23.9. The monoisotopic (exact) mass is 192 g/mol. The molecule has 14 heavy (non-hydrogen) atoms. The van der Waals surface area contributed by atoms with E-state index in [4.69, 9.17) is 0 Å². The van der Waals surface area contributed by atoms with E-state index in [0.29, 0.717) is 11.2 Å². The summed E-state index contributed by atoms with van der Waals surface area (Å²) in [6.07, 6.45) is 0. The second-order valence-electron chi connectivity index (χ2n) is 3.81. The standard InChI is InChI=1S/C10H12N2O2/c1-10(2,13)9-7-5-3-4-6-8(7)12(14)11-9/h3-6,13-14H,1-2H3. The Labute approximate surface area is 81.4 Å². The van der Waals surface area contributed by atoms with Gasteiger partial charge in [0.25, 0.3) is 0 Å². The fourth-order valence-electron chi connectivity index (χ4n) is 1.50. The molecule has 0 aliphatic rings. The van der Waals surface area contributed by atoms with Crippen molar-refractivity contribution in [3.8, 4) is 0 Å². The SMILES string of the molecule is CC(C)(O)c1nn(O)c2ccccc12. The highest BCUT2D eigenvalue weighted by Gasteiger charge is 2.23. The van der Waals surface area contributed by atoms with Gasteiger partial charge in [0.05, 0.1) is 0 Å². The molecule has 2 rings (SSSR count). The van der Waals surface area contributed by atoms with Gasteiger partial charge in [0, 0.05) is 5.39 Å². The normalized spacial score (nSPS) is 12.2. The van der Waals surface area contributed by atoms with Gasteiger partial charge < -0.3 is 10.3 Å². The lowest BCUT2D eigenvalue weighted by Gasteiger charge is -2.13. The van der Waals surface area contributed by atoms with Crippen molar-refractivity contribution in [2.75, 3.05) is 0 Å². The van der Waals surface area contributed by atoms with E-state index in [9.17, 15) is 10.3 Å². The van der Waals surface area contributed by atoms with Crippen LogP contribution in [0, 0.1) is 0 Å². The van der Waals surface area contributed by atoms with Crippen LogP contribution in [0.4, 0.5) is 0 Å². The maximum Gasteiger partial charge on any atom is 0.110 e. The van der Waals surface area contributed by atoms with E-state index in [1.165, 1.54) is 0 Å². The van der Waals surface area contributed by atoms with Crippen molar-refractivity contribution in [2.24, 2.45) is 0 Å². The Balaban J connectivity index is 2.80. The van der Waals surface area contributed by atoms with Crippen LogP contribution in [-0.4, -0.2) is 20.3 Å². The first-order chi connectivity index (χ1) is 6.50. The molecule has 74 valence electrons. The summed E-state index contributed by atoms with van der Waals surface area (Å²) >= 11 is 0. The molecule has 1 aromatic heterocycles. The topological polar surface area (TPSA) is 58.3 Å². The van der Waals surface area contributed by atoms with Gasteiger partial charge >= 0.3 is 0 Å². The van der Waals surface area contributed by atoms with Crippen LogP contribution in [0.2, 0.25) is 0 Å². The molecule has 0 fully saturated rings. The fraction of sp³-hybridized carbons (Fsp3) is 0.300. The molecule has 4 heteroatoms. The molecule has 0 aliphatic heterocycles. The van der Waals surface area contributed by atoms with Gasteiger partial charge in [0.2, 0.25) is 0 Å². The molecule has 1 heterocycles. The van der Waals surface area contributed by atoms with E-state index in [1.54, 1.807) is 19.9 Å². The molecular weight excluding hydrogens is 180 g/mol.